The molecular weight excluding hydrogens is 567 g/mol. The Labute approximate surface area is 257 Å². The van der Waals surface area contributed by atoms with Gasteiger partial charge >= 0.3 is 258 Å². The minimum atomic E-state index is -2.79. The molecule has 4 N–H and O–H groups in total. The van der Waals surface area contributed by atoms with Crippen LogP contribution in [0.2, 0.25) is 0 Å². The Bertz CT molecular complexity index is 1680. The zero-order valence-corrected chi connectivity index (χ0v) is 25.3. The number of nitrogen functional groups attached to an aromatic ring is 1. The van der Waals surface area contributed by atoms with Crippen molar-refractivity contribution in [3.63, 3.8) is 0 Å². The molecule has 0 radical (unpaired) electrons. The summed E-state index contributed by atoms with van der Waals surface area (Å²) in [6, 6.07) is 40.7. The van der Waals surface area contributed by atoms with Gasteiger partial charge in [-0.1, -0.05) is 0 Å². The first kappa shape index (κ1) is 29.2. The van der Waals surface area contributed by atoms with Crippen LogP contribution in [0.1, 0.15) is 33.6 Å². The fourth-order valence-electron chi connectivity index (χ4n) is 6.96. The van der Waals surface area contributed by atoms with Gasteiger partial charge in [0, 0.05) is 0 Å². The van der Waals surface area contributed by atoms with Gasteiger partial charge in [0.1, 0.15) is 0 Å². The molecule has 7 nitrogen and oxygen atoms in total. The molecule has 3 amide bonds. The van der Waals surface area contributed by atoms with Gasteiger partial charge in [0.2, 0.25) is 0 Å². The number of carbonyl (C=O) groups is 3. The molecular formula is C36H35N4O3P. The molecule has 1 aliphatic rings. The van der Waals surface area contributed by atoms with Gasteiger partial charge in [0.25, 0.3) is 0 Å². The third-order valence-electron chi connectivity index (χ3n) is 8.87. The Hall–Kier alpha value is -4.84. The summed E-state index contributed by atoms with van der Waals surface area (Å²) in [6.07, 6.45) is 1.97. The molecule has 1 heterocycles. The number of imide groups is 1. The number of benzene rings is 5. The van der Waals surface area contributed by atoms with Gasteiger partial charge in [-0.3, -0.25) is 0 Å². The molecule has 5 aromatic carbocycles. The molecule has 0 saturated carbocycles. The first-order valence-corrected chi connectivity index (χ1v) is 16.9. The number of anilines is 1. The van der Waals surface area contributed by atoms with Crippen LogP contribution in [0.5, 0.6) is 0 Å². The van der Waals surface area contributed by atoms with E-state index in [9.17, 15) is 14.4 Å². The topological polar surface area (TPSA) is 105 Å². The van der Waals surface area contributed by atoms with Gasteiger partial charge in [-0.05, 0) is 0 Å². The average molecular weight is 603 g/mol. The maximum atomic E-state index is 14.0. The van der Waals surface area contributed by atoms with E-state index in [1.54, 1.807) is 18.2 Å². The van der Waals surface area contributed by atoms with Crippen LogP contribution in [0, 0.1) is 0 Å². The minimum absolute atomic E-state index is 0.0313. The second-order valence-corrected chi connectivity index (χ2v) is 15.2. The maximum absolute atomic E-state index is 14.0. The Morgan fingerprint density at radius 2 is 1.23 bits per heavy atom. The fourth-order valence-corrected chi connectivity index (χ4v) is 12.7. The average Bonchev–Trinajstić information content (AvgIpc) is 3.08. The summed E-state index contributed by atoms with van der Waals surface area (Å²) in [5.41, 5.74) is 4.35. The van der Waals surface area contributed by atoms with Crippen LogP contribution in [-0.2, 0) is 4.79 Å². The van der Waals surface area contributed by atoms with Crippen molar-refractivity contribution in [2.24, 2.45) is 5.84 Å². The summed E-state index contributed by atoms with van der Waals surface area (Å²) in [7, 11) is -2.79. The van der Waals surface area contributed by atoms with E-state index in [2.05, 4.69) is 83.5 Å². The summed E-state index contributed by atoms with van der Waals surface area (Å²) in [6.45, 7) is 0.728. The zero-order chi connectivity index (χ0) is 30.5. The Balaban J connectivity index is 1.46. The molecule has 1 unspecified atom stereocenters. The monoisotopic (exact) mass is 602 g/mol. The number of nitrogens with zero attached hydrogens (tertiary/aromatic N) is 1. The van der Waals surface area contributed by atoms with E-state index in [-0.39, 0.29) is 24.0 Å². The van der Waals surface area contributed by atoms with Crippen molar-refractivity contribution >= 4 is 57.9 Å². The summed E-state index contributed by atoms with van der Waals surface area (Å²) in [5, 5.41) is 7.96. The van der Waals surface area contributed by atoms with Crippen molar-refractivity contribution in [1.82, 2.24) is 10.2 Å². The van der Waals surface area contributed by atoms with Crippen LogP contribution in [-0.4, -0.2) is 41.9 Å². The number of nitrogens with two attached hydrogens (primary N) is 1. The number of carbonyl (C=O) groups excluding carboxylic acids is 3. The molecule has 1 atom stereocenters. The van der Waals surface area contributed by atoms with Crippen molar-refractivity contribution in [3.05, 3.63) is 132 Å². The first-order valence-electron chi connectivity index (χ1n) is 14.8. The van der Waals surface area contributed by atoms with E-state index < -0.39 is 7.26 Å². The van der Waals surface area contributed by atoms with Gasteiger partial charge in [0.15, 0.2) is 0 Å². The van der Waals surface area contributed by atoms with Gasteiger partial charge < -0.3 is 0 Å². The number of hydrazine groups is 1. The van der Waals surface area contributed by atoms with Crippen LogP contribution in [0.25, 0.3) is 10.8 Å². The summed E-state index contributed by atoms with van der Waals surface area (Å²) >= 11 is 0. The second kappa shape index (κ2) is 12.8. The molecule has 0 aromatic heterocycles. The van der Waals surface area contributed by atoms with Crippen molar-refractivity contribution < 1.29 is 14.4 Å². The normalized spacial score (nSPS) is 13.9. The number of hydrogen-bond acceptors (Lipinski definition) is 5. The Kier molecular flexibility index (Phi) is 8.51. The zero-order valence-electron chi connectivity index (χ0n) is 24.3. The van der Waals surface area contributed by atoms with Crippen LogP contribution < -0.4 is 32.5 Å². The molecule has 0 bridgehead atoms. The van der Waals surface area contributed by atoms with E-state index in [1.165, 1.54) is 20.8 Å². The van der Waals surface area contributed by atoms with Gasteiger partial charge in [0.05, 0.1) is 0 Å². The molecule has 0 fully saturated rings. The quantitative estimate of drug-likeness (QED) is 0.0492. The third-order valence-corrected chi connectivity index (χ3v) is 14.4. The molecule has 5 aromatic rings. The van der Waals surface area contributed by atoms with Crippen molar-refractivity contribution in [2.75, 3.05) is 18.5 Å². The molecule has 0 saturated heterocycles. The van der Waals surface area contributed by atoms with Crippen molar-refractivity contribution in [3.8, 4) is 0 Å². The fraction of sp³-hybridized carbons (Fsp3) is 0.139. The molecule has 0 aliphatic carbocycles. The van der Waals surface area contributed by atoms with E-state index in [1.807, 2.05) is 30.3 Å². The van der Waals surface area contributed by atoms with Crippen molar-refractivity contribution in [1.29, 1.82) is 0 Å². The van der Waals surface area contributed by atoms with Gasteiger partial charge in [-0.15, -0.1) is 0 Å². The SMILES string of the molecule is NNc1ccc2c3c(cccc13)C(=O)N(CCC(CCNC=O)[PH](c1ccccc1)(c1ccccc1)c1ccccc1)C2=O. The number of hydrogen-bond donors (Lipinski definition) is 3. The number of amides is 3. The van der Waals surface area contributed by atoms with Crippen LogP contribution in [0.4, 0.5) is 5.69 Å². The number of nitrogens with one attached hydrogen (secondary N) is 2. The predicted octanol–water partition coefficient (Wildman–Crippen LogP) is 4.34. The summed E-state index contributed by atoms with van der Waals surface area (Å²) in [5.74, 6) is 5.12. The molecule has 8 heteroatoms. The molecule has 6 rings (SSSR count). The van der Waals surface area contributed by atoms with E-state index in [0.29, 0.717) is 41.6 Å². The van der Waals surface area contributed by atoms with Crippen LogP contribution >= 0.6 is 7.26 Å². The van der Waals surface area contributed by atoms with E-state index >= 15 is 0 Å². The molecule has 1 aliphatic heterocycles. The predicted molar refractivity (Wildman–Crippen MR) is 181 cm³/mol. The van der Waals surface area contributed by atoms with E-state index in [0.717, 1.165) is 11.8 Å². The Morgan fingerprint density at radius 3 is 1.75 bits per heavy atom. The van der Waals surface area contributed by atoms with Gasteiger partial charge in [-0.25, -0.2) is 0 Å². The summed E-state index contributed by atoms with van der Waals surface area (Å²) < 4.78 is 0. The van der Waals surface area contributed by atoms with E-state index in [4.69, 9.17) is 5.84 Å². The standard InChI is InChI=1S/C36H35N4O3P/c37-39-33-20-19-32-34-30(33)17-10-18-31(34)35(42)40(36(32)43)24-22-29(21-23-38-25-41)44(26-11-4-1-5-12-26,27-13-6-2-7-14-27)28-15-8-3-9-16-28/h1-20,25,29,39,44H,21-24,37H2,(H,38,41). The molecule has 44 heavy (non-hydrogen) atoms. The molecule has 222 valence electrons. The second-order valence-electron chi connectivity index (χ2n) is 11.0. The third kappa shape index (κ3) is 5.04. The van der Waals surface area contributed by atoms with Crippen LogP contribution in [0.15, 0.2) is 121 Å². The summed E-state index contributed by atoms with van der Waals surface area (Å²) in [4.78, 5) is 40.7. The molecule has 0 spiro atoms. The Morgan fingerprint density at radius 1 is 0.682 bits per heavy atom. The van der Waals surface area contributed by atoms with Gasteiger partial charge in [-0.2, -0.15) is 0 Å². The number of rotatable bonds is 12. The first-order chi connectivity index (χ1) is 21.6. The van der Waals surface area contributed by atoms with Crippen LogP contribution in [0.3, 0.4) is 0 Å². The van der Waals surface area contributed by atoms with Crippen molar-refractivity contribution in [2.45, 2.75) is 18.5 Å².